The van der Waals surface area contributed by atoms with Gasteiger partial charge >= 0.3 is 5.97 Å². The van der Waals surface area contributed by atoms with Crippen LogP contribution in [-0.4, -0.2) is 34.1 Å². The van der Waals surface area contributed by atoms with Gasteiger partial charge in [0.15, 0.2) is 0 Å². The number of carboxylic acid groups (broad SMARTS) is 1. The highest BCUT2D eigenvalue weighted by Crippen LogP contribution is 2.22. The van der Waals surface area contributed by atoms with Gasteiger partial charge in [-0.1, -0.05) is 0 Å². The van der Waals surface area contributed by atoms with Crippen LogP contribution >= 0.6 is 0 Å². The van der Waals surface area contributed by atoms with Crippen molar-refractivity contribution in [3.8, 4) is 0 Å². The monoisotopic (exact) mass is 209 g/mol. The Bertz CT molecular complexity index is 323. The lowest BCUT2D eigenvalue weighted by molar-refractivity contribution is -0.138. The van der Waals surface area contributed by atoms with Gasteiger partial charge in [-0.3, -0.25) is 4.79 Å². The standard InChI is InChI=1S/C10H15N3O2/c14-9(15)6-8-2-1-5-13(7-8)10-11-3-4-12-10/h3-4,8H,1-2,5-7H2,(H,11,12)(H,14,15). The number of aliphatic carboxylic acids is 1. The molecule has 1 unspecified atom stereocenters. The van der Waals surface area contributed by atoms with Crippen molar-refractivity contribution in [2.45, 2.75) is 19.3 Å². The maximum atomic E-state index is 10.6. The third-order valence-electron chi connectivity index (χ3n) is 2.77. The fraction of sp³-hybridized carbons (Fsp3) is 0.600. The Morgan fingerprint density at radius 3 is 3.27 bits per heavy atom. The Morgan fingerprint density at radius 1 is 1.73 bits per heavy atom. The van der Waals surface area contributed by atoms with Crippen molar-refractivity contribution in [2.75, 3.05) is 18.0 Å². The van der Waals surface area contributed by atoms with Crippen molar-refractivity contribution in [3.63, 3.8) is 0 Å². The average molecular weight is 209 g/mol. The van der Waals surface area contributed by atoms with Crippen molar-refractivity contribution in [1.82, 2.24) is 9.97 Å². The number of aromatic amines is 1. The molecule has 1 atom stereocenters. The lowest BCUT2D eigenvalue weighted by atomic mass is 9.95. The van der Waals surface area contributed by atoms with Crippen molar-refractivity contribution in [2.24, 2.45) is 5.92 Å². The Hall–Kier alpha value is -1.52. The number of nitrogens with zero attached hydrogens (tertiary/aromatic N) is 2. The summed E-state index contributed by atoms with van der Waals surface area (Å²) in [6, 6.07) is 0. The third kappa shape index (κ3) is 2.49. The molecule has 15 heavy (non-hydrogen) atoms. The first-order valence-electron chi connectivity index (χ1n) is 5.22. The van der Waals surface area contributed by atoms with Crippen LogP contribution in [0.3, 0.4) is 0 Å². The van der Waals surface area contributed by atoms with E-state index in [4.69, 9.17) is 5.11 Å². The maximum Gasteiger partial charge on any atom is 0.303 e. The molecule has 5 nitrogen and oxygen atoms in total. The molecular formula is C10H15N3O2. The second kappa shape index (κ2) is 4.33. The number of piperidine rings is 1. The molecule has 0 amide bonds. The van der Waals surface area contributed by atoms with E-state index in [1.165, 1.54) is 0 Å². The Balaban J connectivity index is 1.95. The van der Waals surface area contributed by atoms with E-state index in [-0.39, 0.29) is 12.3 Å². The predicted octanol–water partition coefficient (Wildman–Crippen LogP) is 1.10. The number of hydrogen-bond acceptors (Lipinski definition) is 3. The maximum absolute atomic E-state index is 10.6. The summed E-state index contributed by atoms with van der Waals surface area (Å²) in [5, 5.41) is 8.74. The highest BCUT2D eigenvalue weighted by Gasteiger charge is 2.23. The van der Waals surface area contributed by atoms with E-state index in [1.54, 1.807) is 12.4 Å². The van der Waals surface area contributed by atoms with Gasteiger partial charge in [0.05, 0.1) is 0 Å². The molecule has 1 aromatic rings. The molecule has 0 bridgehead atoms. The van der Waals surface area contributed by atoms with Gasteiger partial charge in [-0.15, -0.1) is 0 Å². The third-order valence-corrected chi connectivity index (χ3v) is 2.77. The van der Waals surface area contributed by atoms with E-state index in [9.17, 15) is 4.79 Å². The molecule has 2 N–H and O–H groups in total. The molecule has 1 aliphatic heterocycles. The predicted molar refractivity (Wildman–Crippen MR) is 55.8 cm³/mol. The van der Waals surface area contributed by atoms with Crippen LogP contribution < -0.4 is 4.90 Å². The lowest BCUT2D eigenvalue weighted by Crippen LogP contribution is -2.36. The zero-order chi connectivity index (χ0) is 10.7. The smallest absolute Gasteiger partial charge is 0.303 e. The van der Waals surface area contributed by atoms with Gasteiger partial charge in [-0.2, -0.15) is 0 Å². The molecule has 1 fully saturated rings. The lowest BCUT2D eigenvalue weighted by Gasteiger charge is -2.31. The normalized spacial score (nSPS) is 21.6. The van der Waals surface area contributed by atoms with Crippen LogP contribution in [0.1, 0.15) is 19.3 Å². The van der Waals surface area contributed by atoms with E-state index in [2.05, 4.69) is 14.9 Å². The second-order valence-electron chi connectivity index (χ2n) is 3.96. The topological polar surface area (TPSA) is 69.2 Å². The summed E-state index contributed by atoms with van der Waals surface area (Å²) in [7, 11) is 0. The van der Waals surface area contributed by atoms with E-state index >= 15 is 0 Å². The van der Waals surface area contributed by atoms with Crippen molar-refractivity contribution in [1.29, 1.82) is 0 Å². The summed E-state index contributed by atoms with van der Waals surface area (Å²) in [6.07, 6.45) is 5.81. The first kappa shape index (κ1) is 10.0. The average Bonchev–Trinajstić information content (AvgIpc) is 2.69. The number of imidazole rings is 1. The molecule has 2 heterocycles. The number of carboxylic acids is 1. The molecule has 5 heteroatoms. The number of hydrogen-bond donors (Lipinski definition) is 2. The first-order chi connectivity index (χ1) is 7.25. The molecule has 0 saturated carbocycles. The van der Waals surface area contributed by atoms with Crippen LogP contribution in [0, 0.1) is 5.92 Å². The van der Waals surface area contributed by atoms with Crippen LogP contribution in [0.2, 0.25) is 0 Å². The zero-order valence-electron chi connectivity index (χ0n) is 8.52. The molecule has 0 aromatic carbocycles. The molecule has 0 spiro atoms. The summed E-state index contributed by atoms with van der Waals surface area (Å²) in [5.41, 5.74) is 0. The number of H-pyrrole nitrogens is 1. The van der Waals surface area contributed by atoms with E-state index < -0.39 is 5.97 Å². The van der Waals surface area contributed by atoms with Gasteiger partial charge in [0, 0.05) is 31.9 Å². The largest absolute Gasteiger partial charge is 0.481 e. The Kier molecular flexibility index (Phi) is 2.89. The Morgan fingerprint density at radius 2 is 2.60 bits per heavy atom. The molecule has 1 saturated heterocycles. The number of carbonyl (C=O) groups is 1. The molecular weight excluding hydrogens is 194 g/mol. The molecule has 2 rings (SSSR count). The minimum absolute atomic E-state index is 0.251. The van der Waals surface area contributed by atoms with Crippen LogP contribution in [-0.2, 0) is 4.79 Å². The summed E-state index contributed by atoms with van der Waals surface area (Å²) in [4.78, 5) is 20.0. The summed E-state index contributed by atoms with van der Waals surface area (Å²) in [5.74, 6) is 0.396. The van der Waals surface area contributed by atoms with E-state index in [0.29, 0.717) is 0 Å². The van der Waals surface area contributed by atoms with Crippen LogP contribution in [0.5, 0.6) is 0 Å². The number of aromatic nitrogens is 2. The molecule has 0 radical (unpaired) electrons. The van der Waals surface area contributed by atoms with Gasteiger partial charge in [0.1, 0.15) is 0 Å². The van der Waals surface area contributed by atoms with Gasteiger partial charge in [-0.05, 0) is 18.8 Å². The second-order valence-corrected chi connectivity index (χ2v) is 3.96. The first-order valence-corrected chi connectivity index (χ1v) is 5.22. The fourth-order valence-electron chi connectivity index (χ4n) is 2.10. The quantitative estimate of drug-likeness (QED) is 0.782. The zero-order valence-corrected chi connectivity index (χ0v) is 8.52. The van der Waals surface area contributed by atoms with Crippen molar-refractivity contribution in [3.05, 3.63) is 12.4 Å². The molecule has 0 aliphatic carbocycles. The van der Waals surface area contributed by atoms with Crippen LogP contribution in [0.25, 0.3) is 0 Å². The fourth-order valence-corrected chi connectivity index (χ4v) is 2.10. The molecule has 1 aliphatic rings. The van der Waals surface area contributed by atoms with Gasteiger partial charge < -0.3 is 15.0 Å². The SMILES string of the molecule is O=C(O)CC1CCCN(c2ncc[nH]2)C1. The summed E-state index contributed by atoms with van der Waals surface area (Å²) < 4.78 is 0. The summed E-state index contributed by atoms with van der Waals surface area (Å²) in [6.45, 7) is 1.75. The van der Waals surface area contributed by atoms with E-state index in [1.807, 2.05) is 0 Å². The van der Waals surface area contributed by atoms with Gasteiger partial charge in [-0.25, -0.2) is 4.98 Å². The van der Waals surface area contributed by atoms with Crippen LogP contribution in [0.4, 0.5) is 5.95 Å². The summed E-state index contributed by atoms with van der Waals surface area (Å²) >= 11 is 0. The number of anilines is 1. The van der Waals surface area contributed by atoms with Crippen LogP contribution in [0.15, 0.2) is 12.4 Å². The number of nitrogens with one attached hydrogen (secondary N) is 1. The minimum Gasteiger partial charge on any atom is -0.481 e. The van der Waals surface area contributed by atoms with E-state index in [0.717, 1.165) is 31.9 Å². The van der Waals surface area contributed by atoms with Gasteiger partial charge in [0.2, 0.25) is 5.95 Å². The highest BCUT2D eigenvalue weighted by molar-refractivity contribution is 5.67. The van der Waals surface area contributed by atoms with Crippen molar-refractivity contribution < 1.29 is 9.90 Å². The molecule has 1 aromatic heterocycles. The molecule has 82 valence electrons. The van der Waals surface area contributed by atoms with Gasteiger partial charge in [0.25, 0.3) is 0 Å². The van der Waals surface area contributed by atoms with Crippen molar-refractivity contribution >= 4 is 11.9 Å². The number of rotatable bonds is 3. The Labute approximate surface area is 88.1 Å². The minimum atomic E-state index is -0.707. The highest BCUT2D eigenvalue weighted by atomic mass is 16.4.